The molecule has 0 aliphatic heterocycles. The number of aliphatic hydroxyl groups excluding tert-OH is 1. The van der Waals surface area contributed by atoms with Gasteiger partial charge in [-0.3, -0.25) is 9.69 Å². The van der Waals surface area contributed by atoms with E-state index >= 15 is 0 Å². The normalized spacial score (nSPS) is 12.0. The van der Waals surface area contributed by atoms with Crippen LogP contribution in [0, 0.1) is 0 Å². The van der Waals surface area contributed by atoms with Crippen LogP contribution >= 0.6 is 31.9 Å². The minimum atomic E-state index is -0.433. The zero-order valence-electron chi connectivity index (χ0n) is 17.3. The highest BCUT2D eigenvalue weighted by Crippen LogP contribution is 2.42. The highest BCUT2D eigenvalue weighted by molar-refractivity contribution is 9.11. The molecule has 0 spiro atoms. The zero-order chi connectivity index (χ0) is 23.3. The first-order valence-electron chi connectivity index (χ1n) is 10.3. The first-order chi connectivity index (χ1) is 15.9. The van der Waals surface area contributed by atoms with Crippen molar-refractivity contribution in [1.29, 1.82) is 0 Å². The zero-order valence-corrected chi connectivity index (χ0v) is 20.5. The molecule has 2 aromatic heterocycles. The minimum Gasteiger partial charge on any atom is -0.506 e. The molecule has 5 rings (SSSR count). The number of hydrogen-bond donors (Lipinski definition) is 3. The maximum Gasteiger partial charge on any atom is 0.206 e. The number of benzene rings is 3. The highest BCUT2D eigenvalue weighted by atomic mass is 79.9. The molecule has 0 radical (unpaired) electrons. The van der Waals surface area contributed by atoms with Gasteiger partial charge in [0.15, 0.2) is 0 Å². The number of aliphatic hydroxyl groups is 1. The lowest BCUT2D eigenvalue weighted by molar-refractivity contribution is 0.183. The van der Waals surface area contributed by atoms with Crippen LogP contribution in [0.2, 0.25) is 0 Å². The highest BCUT2D eigenvalue weighted by Gasteiger charge is 2.25. The molecule has 0 fully saturated rings. The fourth-order valence-electron chi connectivity index (χ4n) is 4.32. The number of phenols is 1. The van der Waals surface area contributed by atoms with Crippen molar-refractivity contribution in [3.8, 4) is 11.5 Å². The third kappa shape index (κ3) is 3.65. The molecule has 2 heterocycles. The van der Waals surface area contributed by atoms with Crippen molar-refractivity contribution in [3.05, 3.63) is 79.0 Å². The SMILES string of the molecule is O=c1c(Br)cc(O)c2c1c(O)c1c(Br)ccc3c(CN(CCO)Cc4ccccc4)nn2c31. The number of halogens is 2. The van der Waals surface area contributed by atoms with Crippen molar-refractivity contribution in [2.24, 2.45) is 0 Å². The number of nitrogens with zero attached hydrogens (tertiary/aromatic N) is 3. The Labute approximate surface area is 205 Å². The maximum absolute atomic E-state index is 12.9. The molecule has 0 atom stereocenters. The Balaban J connectivity index is 1.75. The molecule has 9 heteroatoms. The van der Waals surface area contributed by atoms with E-state index in [2.05, 4.69) is 36.8 Å². The summed E-state index contributed by atoms with van der Waals surface area (Å²) in [7, 11) is 0. The van der Waals surface area contributed by atoms with Crippen LogP contribution in [0.5, 0.6) is 11.5 Å². The van der Waals surface area contributed by atoms with Gasteiger partial charge in [0.2, 0.25) is 5.43 Å². The van der Waals surface area contributed by atoms with Crippen molar-refractivity contribution in [2.45, 2.75) is 13.1 Å². The van der Waals surface area contributed by atoms with E-state index in [4.69, 9.17) is 5.10 Å². The van der Waals surface area contributed by atoms with Crippen molar-refractivity contribution in [3.63, 3.8) is 0 Å². The van der Waals surface area contributed by atoms with E-state index < -0.39 is 5.43 Å². The average molecular weight is 573 g/mol. The number of aromatic hydroxyl groups is 2. The molecular formula is C24H19Br2N3O4. The fraction of sp³-hybridized carbons (Fsp3) is 0.167. The van der Waals surface area contributed by atoms with Gasteiger partial charge >= 0.3 is 0 Å². The Morgan fingerprint density at radius 1 is 0.939 bits per heavy atom. The second kappa shape index (κ2) is 8.57. The van der Waals surface area contributed by atoms with Crippen LogP contribution in [0.15, 0.2) is 62.3 Å². The Morgan fingerprint density at radius 2 is 1.70 bits per heavy atom. The Hall–Kier alpha value is -2.72. The molecule has 3 N–H and O–H groups in total. The molecule has 0 aliphatic rings. The molecule has 0 saturated carbocycles. The van der Waals surface area contributed by atoms with Gasteiger partial charge in [0.25, 0.3) is 0 Å². The monoisotopic (exact) mass is 571 g/mol. The molecule has 0 unspecified atom stereocenters. The summed E-state index contributed by atoms with van der Waals surface area (Å²) >= 11 is 6.65. The molecule has 7 nitrogen and oxygen atoms in total. The van der Waals surface area contributed by atoms with Crippen LogP contribution in [0.4, 0.5) is 0 Å². The van der Waals surface area contributed by atoms with E-state index in [-0.39, 0.29) is 33.5 Å². The third-order valence-electron chi connectivity index (χ3n) is 5.78. The van der Waals surface area contributed by atoms with E-state index in [0.29, 0.717) is 40.7 Å². The van der Waals surface area contributed by atoms with E-state index in [1.165, 1.54) is 10.6 Å². The summed E-state index contributed by atoms with van der Waals surface area (Å²) in [5, 5.41) is 37.4. The van der Waals surface area contributed by atoms with Crippen LogP contribution in [-0.2, 0) is 13.1 Å². The first kappa shape index (κ1) is 22.1. The van der Waals surface area contributed by atoms with Crippen LogP contribution in [0.1, 0.15) is 11.3 Å². The standard InChI is InChI=1S/C24H19Br2N3O4/c25-15-7-6-14-17(12-28(8-9-30)11-13-4-2-1-3-5-13)27-29-21(14)19(15)24(33)20-22(29)18(31)10-16(26)23(20)32/h1-7,10,30-31,33H,8-9,11-12H2. The minimum absolute atomic E-state index is 0.00581. The second-order valence-electron chi connectivity index (χ2n) is 7.88. The smallest absolute Gasteiger partial charge is 0.206 e. The lowest BCUT2D eigenvalue weighted by Gasteiger charge is -2.20. The Kier molecular flexibility index (Phi) is 5.74. The molecule has 0 saturated heterocycles. The van der Waals surface area contributed by atoms with Crippen molar-refractivity contribution >= 4 is 59.1 Å². The summed E-state index contributed by atoms with van der Waals surface area (Å²) in [5.41, 5.74) is 2.14. The Morgan fingerprint density at radius 3 is 2.42 bits per heavy atom. The van der Waals surface area contributed by atoms with Gasteiger partial charge in [-0.25, -0.2) is 4.52 Å². The quantitative estimate of drug-likeness (QED) is 0.261. The molecule has 33 heavy (non-hydrogen) atoms. The second-order valence-corrected chi connectivity index (χ2v) is 9.58. The molecule has 3 aromatic carbocycles. The predicted octanol–water partition coefficient (Wildman–Crippen LogP) is 4.37. The van der Waals surface area contributed by atoms with Crippen molar-refractivity contribution in [1.82, 2.24) is 14.5 Å². The van der Waals surface area contributed by atoms with Gasteiger partial charge in [-0.1, -0.05) is 30.3 Å². The molecule has 0 amide bonds. The molecule has 0 aliphatic carbocycles. The molecule has 168 valence electrons. The van der Waals surface area contributed by atoms with Crippen LogP contribution < -0.4 is 5.43 Å². The van der Waals surface area contributed by atoms with Gasteiger partial charge in [-0.2, -0.15) is 5.10 Å². The fourth-order valence-corrected chi connectivity index (χ4v) is 5.25. The molecular weight excluding hydrogens is 554 g/mol. The summed E-state index contributed by atoms with van der Waals surface area (Å²) in [5.74, 6) is -0.374. The van der Waals surface area contributed by atoms with E-state index in [1.807, 2.05) is 42.5 Å². The number of aromatic nitrogens is 2. The van der Waals surface area contributed by atoms with Gasteiger partial charge in [0.05, 0.1) is 33.1 Å². The largest absolute Gasteiger partial charge is 0.506 e. The van der Waals surface area contributed by atoms with Gasteiger partial charge in [0, 0.05) is 35.6 Å². The molecule has 5 aromatic rings. The van der Waals surface area contributed by atoms with Crippen LogP contribution in [-0.4, -0.2) is 43.0 Å². The average Bonchev–Trinajstić information content (AvgIpc) is 3.14. The number of fused-ring (bicyclic) bond motifs is 2. The third-order valence-corrected chi connectivity index (χ3v) is 7.03. The number of pyridine rings is 1. The number of phenolic OH excluding ortho intramolecular Hbond substituents is 1. The predicted molar refractivity (Wildman–Crippen MR) is 134 cm³/mol. The summed E-state index contributed by atoms with van der Waals surface area (Å²) in [6.07, 6.45) is 0. The summed E-state index contributed by atoms with van der Waals surface area (Å²) in [4.78, 5) is 14.9. The van der Waals surface area contributed by atoms with E-state index in [9.17, 15) is 20.1 Å². The van der Waals surface area contributed by atoms with Gasteiger partial charge < -0.3 is 15.3 Å². The lowest BCUT2D eigenvalue weighted by atomic mass is 10.1. The van der Waals surface area contributed by atoms with Gasteiger partial charge in [-0.15, -0.1) is 0 Å². The van der Waals surface area contributed by atoms with Gasteiger partial charge in [0.1, 0.15) is 17.0 Å². The first-order valence-corrected chi connectivity index (χ1v) is 11.9. The van der Waals surface area contributed by atoms with Gasteiger partial charge in [-0.05, 0) is 49.6 Å². The van der Waals surface area contributed by atoms with Crippen molar-refractivity contribution < 1.29 is 15.3 Å². The summed E-state index contributed by atoms with van der Waals surface area (Å²) in [6, 6.07) is 15.0. The molecule has 0 bridgehead atoms. The number of hydrogen-bond acceptors (Lipinski definition) is 6. The summed E-state index contributed by atoms with van der Waals surface area (Å²) in [6.45, 7) is 1.49. The summed E-state index contributed by atoms with van der Waals surface area (Å²) < 4.78 is 2.30. The number of rotatable bonds is 6. The maximum atomic E-state index is 12.9. The van der Waals surface area contributed by atoms with Crippen LogP contribution in [0.25, 0.3) is 27.2 Å². The van der Waals surface area contributed by atoms with E-state index in [0.717, 1.165) is 10.9 Å². The van der Waals surface area contributed by atoms with Crippen molar-refractivity contribution in [2.75, 3.05) is 13.2 Å². The lowest BCUT2D eigenvalue weighted by Crippen LogP contribution is -2.26. The Bertz CT molecular complexity index is 1550. The van der Waals surface area contributed by atoms with E-state index in [1.54, 1.807) is 0 Å². The van der Waals surface area contributed by atoms with Crippen LogP contribution in [0.3, 0.4) is 0 Å². The topological polar surface area (TPSA) is 98.3 Å².